The molecular formula is C29H15ClF5N5O3. The third kappa shape index (κ3) is 5.42. The van der Waals surface area contributed by atoms with E-state index in [1.54, 1.807) is 0 Å². The normalized spacial score (nSPS) is 14.4. The number of halogens is 6. The molecule has 0 radical (unpaired) electrons. The number of nitrogens with zero attached hydrogens (tertiary/aromatic N) is 3. The van der Waals surface area contributed by atoms with E-state index in [4.69, 9.17) is 16.0 Å². The summed E-state index contributed by atoms with van der Waals surface area (Å²) in [4.78, 5) is 38.8. The van der Waals surface area contributed by atoms with Gasteiger partial charge in [-0.3, -0.25) is 9.59 Å². The zero-order chi connectivity index (χ0) is 30.5. The molecule has 2 N–H and O–H groups in total. The van der Waals surface area contributed by atoms with Gasteiger partial charge in [0.25, 0.3) is 17.7 Å². The molecule has 43 heavy (non-hydrogen) atoms. The molecule has 0 saturated heterocycles. The molecule has 2 aromatic heterocycles. The number of hydrogen-bond donors (Lipinski definition) is 2. The first-order valence-electron chi connectivity index (χ1n) is 12.3. The van der Waals surface area contributed by atoms with E-state index in [2.05, 4.69) is 25.6 Å². The van der Waals surface area contributed by atoms with E-state index < -0.39 is 46.8 Å². The number of aromatic nitrogens is 3. The highest BCUT2D eigenvalue weighted by atomic mass is 35.5. The Labute approximate surface area is 243 Å². The quantitative estimate of drug-likeness (QED) is 0.211. The Morgan fingerprint density at radius 3 is 2.42 bits per heavy atom. The number of rotatable bonds is 5. The molecule has 3 aromatic carbocycles. The fourth-order valence-electron chi connectivity index (χ4n) is 4.67. The van der Waals surface area contributed by atoms with Crippen LogP contribution in [0.4, 0.5) is 27.6 Å². The fraction of sp³-hybridized carbons (Fsp3) is 0.0690. The van der Waals surface area contributed by atoms with Crippen molar-refractivity contribution in [3.8, 4) is 22.8 Å². The summed E-state index contributed by atoms with van der Waals surface area (Å²) in [6, 6.07) is 6.82. The van der Waals surface area contributed by atoms with E-state index in [0.29, 0.717) is 23.3 Å². The van der Waals surface area contributed by atoms with Crippen molar-refractivity contribution in [1.82, 2.24) is 20.3 Å². The summed E-state index contributed by atoms with van der Waals surface area (Å²) in [5, 5.41) is 5.30. The molecule has 5 aromatic rings. The summed E-state index contributed by atoms with van der Waals surface area (Å²) in [7, 11) is 0. The second kappa shape index (κ2) is 10.6. The van der Waals surface area contributed by atoms with Crippen LogP contribution in [0.2, 0.25) is 5.02 Å². The molecule has 8 nitrogen and oxygen atoms in total. The Balaban J connectivity index is 1.47. The Hall–Kier alpha value is -5.17. The highest BCUT2D eigenvalue weighted by molar-refractivity contribution is 6.31. The van der Waals surface area contributed by atoms with Gasteiger partial charge in [0.15, 0.2) is 0 Å². The molecule has 0 bridgehead atoms. The van der Waals surface area contributed by atoms with Crippen molar-refractivity contribution in [2.75, 3.05) is 5.32 Å². The van der Waals surface area contributed by atoms with Gasteiger partial charge in [-0.1, -0.05) is 11.6 Å². The predicted octanol–water partition coefficient (Wildman–Crippen LogP) is 6.83. The van der Waals surface area contributed by atoms with Crippen molar-refractivity contribution in [3.05, 3.63) is 118 Å². The van der Waals surface area contributed by atoms with Crippen LogP contribution < -0.4 is 10.6 Å². The number of carbonyl (C=O) groups excluding carboxylic acids is 2. The number of benzene rings is 3. The Bertz CT molecular complexity index is 1900. The number of oxazole rings is 1. The van der Waals surface area contributed by atoms with Gasteiger partial charge < -0.3 is 15.1 Å². The van der Waals surface area contributed by atoms with E-state index >= 15 is 0 Å². The minimum absolute atomic E-state index is 0.0317. The van der Waals surface area contributed by atoms with Gasteiger partial charge >= 0.3 is 6.18 Å². The summed E-state index contributed by atoms with van der Waals surface area (Å²) >= 11 is 6.32. The lowest BCUT2D eigenvalue weighted by Crippen LogP contribution is -2.21. The highest BCUT2D eigenvalue weighted by Gasteiger charge is 2.36. The second-order valence-electron chi connectivity index (χ2n) is 9.37. The lowest BCUT2D eigenvalue weighted by molar-refractivity contribution is -0.137. The van der Waals surface area contributed by atoms with Gasteiger partial charge in [0.1, 0.15) is 17.9 Å². The second-order valence-corrected chi connectivity index (χ2v) is 9.78. The molecular weight excluding hydrogens is 597 g/mol. The summed E-state index contributed by atoms with van der Waals surface area (Å²) in [6.45, 7) is 0. The minimum Gasteiger partial charge on any atom is -0.442 e. The summed E-state index contributed by atoms with van der Waals surface area (Å²) < 4.78 is 73.5. The van der Waals surface area contributed by atoms with Crippen LogP contribution in [0.15, 0.2) is 77.8 Å². The van der Waals surface area contributed by atoms with E-state index in [9.17, 15) is 31.5 Å². The molecule has 1 aliphatic rings. The third-order valence-electron chi connectivity index (χ3n) is 6.60. The van der Waals surface area contributed by atoms with Crippen molar-refractivity contribution < 1.29 is 36.0 Å². The fourth-order valence-corrected chi connectivity index (χ4v) is 4.90. The molecule has 6 rings (SSSR count). The molecule has 1 atom stereocenters. The smallest absolute Gasteiger partial charge is 0.416 e. The molecule has 1 aliphatic heterocycles. The molecule has 0 spiro atoms. The topological polar surface area (TPSA) is 110 Å². The van der Waals surface area contributed by atoms with Crippen LogP contribution in [0.25, 0.3) is 22.8 Å². The molecule has 2 amide bonds. The molecule has 3 heterocycles. The van der Waals surface area contributed by atoms with Crippen LogP contribution >= 0.6 is 11.6 Å². The van der Waals surface area contributed by atoms with Gasteiger partial charge in [0, 0.05) is 50.9 Å². The largest absolute Gasteiger partial charge is 0.442 e. The van der Waals surface area contributed by atoms with Gasteiger partial charge in [-0.2, -0.15) is 13.2 Å². The SMILES string of the molecule is O=C(Nc1cc(-c2cnc(-c3ncco3)nc2)cc2c1C(c1cc(F)ccc1Cl)NC2=O)c1cc(F)cc(C(F)(F)F)c1. The number of fused-ring (bicyclic) bond motifs is 1. The number of amides is 2. The Morgan fingerprint density at radius 2 is 1.72 bits per heavy atom. The lowest BCUT2D eigenvalue weighted by Gasteiger charge is -2.19. The van der Waals surface area contributed by atoms with E-state index in [1.807, 2.05) is 0 Å². The van der Waals surface area contributed by atoms with Crippen molar-refractivity contribution in [3.63, 3.8) is 0 Å². The maximum absolute atomic E-state index is 14.2. The van der Waals surface area contributed by atoms with Crippen LogP contribution in [-0.4, -0.2) is 26.8 Å². The van der Waals surface area contributed by atoms with Crippen molar-refractivity contribution in [1.29, 1.82) is 0 Å². The van der Waals surface area contributed by atoms with Crippen molar-refractivity contribution >= 4 is 29.1 Å². The first-order valence-corrected chi connectivity index (χ1v) is 12.7. The summed E-state index contributed by atoms with van der Waals surface area (Å²) in [6.07, 6.45) is 0.674. The van der Waals surface area contributed by atoms with E-state index in [0.717, 1.165) is 12.1 Å². The maximum Gasteiger partial charge on any atom is 0.416 e. The number of nitrogens with one attached hydrogen (secondary N) is 2. The molecule has 14 heteroatoms. The monoisotopic (exact) mass is 611 g/mol. The molecule has 0 saturated carbocycles. The maximum atomic E-state index is 14.2. The van der Waals surface area contributed by atoms with E-state index in [-0.39, 0.29) is 45.2 Å². The zero-order valence-corrected chi connectivity index (χ0v) is 22.1. The van der Waals surface area contributed by atoms with Crippen LogP contribution in [0.1, 0.15) is 43.4 Å². The standard InChI is InChI=1S/C29H15ClF5N5O3/c30-21-2-1-17(31)10-19(21)24-23-20(27(42)40-24)7-13(15-11-37-25(38-12-15)28-36-3-4-43-28)8-22(23)39-26(41)14-5-16(29(33,34)35)9-18(32)6-14/h1-12,24H,(H,39,41)(H,40,42). The van der Waals surface area contributed by atoms with Gasteiger partial charge in [0.05, 0.1) is 17.8 Å². The van der Waals surface area contributed by atoms with Crippen molar-refractivity contribution in [2.45, 2.75) is 12.2 Å². The zero-order valence-electron chi connectivity index (χ0n) is 21.3. The van der Waals surface area contributed by atoms with Gasteiger partial charge in [-0.25, -0.2) is 23.7 Å². The number of carbonyl (C=O) groups is 2. The Kier molecular flexibility index (Phi) is 6.89. The summed E-state index contributed by atoms with van der Waals surface area (Å²) in [5.74, 6) is -3.27. The number of anilines is 1. The minimum atomic E-state index is -4.91. The molecule has 0 fully saturated rings. The van der Waals surface area contributed by atoms with Crippen LogP contribution in [-0.2, 0) is 6.18 Å². The molecule has 1 unspecified atom stereocenters. The molecule has 0 aliphatic carbocycles. The van der Waals surface area contributed by atoms with Crippen molar-refractivity contribution in [2.24, 2.45) is 0 Å². The number of hydrogen-bond acceptors (Lipinski definition) is 6. The summed E-state index contributed by atoms with van der Waals surface area (Å²) in [5.41, 5.74) is -0.895. The lowest BCUT2D eigenvalue weighted by atomic mass is 9.93. The average molecular weight is 612 g/mol. The van der Waals surface area contributed by atoms with Gasteiger partial charge in [0.2, 0.25) is 5.82 Å². The predicted molar refractivity (Wildman–Crippen MR) is 143 cm³/mol. The van der Waals surface area contributed by atoms with Crippen LogP contribution in [0.3, 0.4) is 0 Å². The van der Waals surface area contributed by atoms with Gasteiger partial charge in [-0.15, -0.1) is 0 Å². The molecule has 216 valence electrons. The average Bonchev–Trinajstić information content (AvgIpc) is 3.62. The van der Waals surface area contributed by atoms with Crippen LogP contribution in [0, 0.1) is 11.6 Å². The van der Waals surface area contributed by atoms with E-state index in [1.165, 1.54) is 43.1 Å². The van der Waals surface area contributed by atoms with Crippen LogP contribution in [0.5, 0.6) is 0 Å². The Morgan fingerprint density at radius 1 is 0.953 bits per heavy atom. The van der Waals surface area contributed by atoms with Gasteiger partial charge in [-0.05, 0) is 54.1 Å². The third-order valence-corrected chi connectivity index (χ3v) is 6.95. The first kappa shape index (κ1) is 28.0. The number of alkyl halides is 3. The first-order chi connectivity index (χ1) is 20.5. The highest BCUT2D eigenvalue weighted by Crippen LogP contribution is 2.42.